The zero-order chi connectivity index (χ0) is 13.5. The Morgan fingerprint density at radius 1 is 1.47 bits per heavy atom. The summed E-state index contributed by atoms with van der Waals surface area (Å²) in [5.74, 6) is 2.34. The van der Waals surface area contributed by atoms with Crippen LogP contribution in [-0.4, -0.2) is 29.4 Å². The molecule has 2 nitrogen and oxygen atoms in total. The second-order valence-corrected chi connectivity index (χ2v) is 7.00. The molecule has 19 heavy (non-hydrogen) atoms. The van der Waals surface area contributed by atoms with Gasteiger partial charge in [0, 0.05) is 17.2 Å². The summed E-state index contributed by atoms with van der Waals surface area (Å²) in [6.07, 6.45) is 4.42. The van der Waals surface area contributed by atoms with Crippen LogP contribution >= 0.6 is 35.7 Å². The summed E-state index contributed by atoms with van der Waals surface area (Å²) in [6, 6.07) is 8.97. The van der Waals surface area contributed by atoms with Crippen molar-refractivity contribution in [2.75, 3.05) is 24.3 Å². The van der Waals surface area contributed by atoms with Crippen LogP contribution in [0.4, 0.5) is 0 Å². The molecule has 104 valence electrons. The predicted molar refractivity (Wildman–Crippen MR) is 91.3 cm³/mol. The zero-order valence-corrected chi connectivity index (χ0v) is 13.6. The Morgan fingerprint density at radius 2 is 2.32 bits per heavy atom. The van der Waals surface area contributed by atoms with Crippen molar-refractivity contribution in [1.82, 2.24) is 10.6 Å². The van der Waals surface area contributed by atoms with Crippen LogP contribution in [-0.2, 0) is 0 Å². The molecule has 0 bridgehead atoms. The molecule has 0 amide bonds. The third kappa shape index (κ3) is 4.58. The van der Waals surface area contributed by atoms with E-state index < -0.39 is 0 Å². The van der Waals surface area contributed by atoms with Crippen molar-refractivity contribution in [3.8, 4) is 0 Å². The Balaban J connectivity index is 1.85. The first-order valence-electron chi connectivity index (χ1n) is 6.56. The van der Waals surface area contributed by atoms with Gasteiger partial charge < -0.3 is 10.6 Å². The lowest BCUT2D eigenvalue weighted by molar-refractivity contribution is 0.602. The molecule has 1 aromatic rings. The molecule has 2 N–H and O–H groups in total. The smallest absolute Gasteiger partial charge is 0.166 e. The maximum absolute atomic E-state index is 5.38. The van der Waals surface area contributed by atoms with Gasteiger partial charge in [-0.1, -0.05) is 18.2 Å². The van der Waals surface area contributed by atoms with Crippen molar-refractivity contribution >= 4 is 40.9 Å². The SMILES string of the molecule is CSCCCNC(=S)NC1CCSc2ccccc21. The number of hydrogen-bond acceptors (Lipinski definition) is 3. The molecule has 0 saturated carbocycles. The van der Waals surface area contributed by atoms with E-state index in [9.17, 15) is 0 Å². The summed E-state index contributed by atoms with van der Waals surface area (Å²) in [5, 5.41) is 7.53. The average molecular weight is 313 g/mol. The molecule has 5 heteroatoms. The van der Waals surface area contributed by atoms with Gasteiger partial charge in [-0.25, -0.2) is 0 Å². The van der Waals surface area contributed by atoms with Crippen LogP contribution in [0.5, 0.6) is 0 Å². The molecule has 0 radical (unpaired) electrons. The van der Waals surface area contributed by atoms with Crippen molar-refractivity contribution in [3.63, 3.8) is 0 Å². The third-order valence-corrected chi connectivity index (χ3v) is 5.16. The molecule has 1 aromatic carbocycles. The second kappa shape index (κ2) is 8.02. The minimum atomic E-state index is 0.359. The number of thiocarbonyl (C=S) groups is 1. The number of benzene rings is 1. The summed E-state index contributed by atoms with van der Waals surface area (Å²) in [6.45, 7) is 0.954. The largest absolute Gasteiger partial charge is 0.363 e. The van der Waals surface area contributed by atoms with Crippen molar-refractivity contribution in [1.29, 1.82) is 0 Å². The van der Waals surface area contributed by atoms with Gasteiger partial charge in [0.1, 0.15) is 0 Å². The summed E-state index contributed by atoms with van der Waals surface area (Å²) in [5.41, 5.74) is 1.38. The van der Waals surface area contributed by atoms with Gasteiger partial charge in [-0.05, 0) is 48.7 Å². The number of thioether (sulfide) groups is 2. The Labute approximate surface area is 129 Å². The van der Waals surface area contributed by atoms with Crippen molar-refractivity contribution < 1.29 is 0 Å². The van der Waals surface area contributed by atoms with Crippen molar-refractivity contribution in [2.24, 2.45) is 0 Å². The monoisotopic (exact) mass is 312 g/mol. The Bertz CT molecular complexity index is 423. The molecule has 1 aliphatic heterocycles. The van der Waals surface area contributed by atoms with Crippen LogP contribution in [0.3, 0.4) is 0 Å². The van der Waals surface area contributed by atoms with Gasteiger partial charge in [-0.3, -0.25) is 0 Å². The lowest BCUT2D eigenvalue weighted by Gasteiger charge is -2.27. The summed E-state index contributed by atoms with van der Waals surface area (Å²) >= 11 is 9.19. The van der Waals surface area contributed by atoms with Crippen molar-refractivity contribution in [3.05, 3.63) is 29.8 Å². The summed E-state index contributed by atoms with van der Waals surface area (Å²) in [4.78, 5) is 1.39. The lowest BCUT2D eigenvalue weighted by Crippen LogP contribution is -2.39. The van der Waals surface area contributed by atoms with Crippen molar-refractivity contribution in [2.45, 2.75) is 23.8 Å². The number of nitrogens with one attached hydrogen (secondary N) is 2. The fourth-order valence-electron chi connectivity index (χ4n) is 2.12. The first-order chi connectivity index (χ1) is 9.31. The molecular formula is C14H20N2S3. The molecule has 0 saturated heterocycles. The molecule has 0 aromatic heterocycles. The van der Waals surface area contributed by atoms with Crippen LogP contribution in [0.15, 0.2) is 29.2 Å². The standard InChI is InChI=1S/C14H20N2S3/c1-18-9-4-8-15-14(17)16-12-7-10-19-13-6-3-2-5-11(12)13/h2-3,5-6,12H,4,7-10H2,1H3,(H2,15,16,17). The minimum absolute atomic E-state index is 0.359. The summed E-state index contributed by atoms with van der Waals surface area (Å²) < 4.78 is 0. The molecule has 0 aliphatic carbocycles. The van der Waals surface area contributed by atoms with E-state index in [1.807, 2.05) is 23.5 Å². The third-order valence-electron chi connectivity index (χ3n) is 3.07. The second-order valence-electron chi connectivity index (χ2n) is 4.47. The van der Waals surface area contributed by atoms with Gasteiger partial charge >= 0.3 is 0 Å². The topological polar surface area (TPSA) is 24.1 Å². The maximum Gasteiger partial charge on any atom is 0.166 e. The quantitative estimate of drug-likeness (QED) is 0.641. The van der Waals surface area contributed by atoms with E-state index in [-0.39, 0.29) is 0 Å². The zero-order valence-electron chi connectivity index (χ0n) is 11.1. The molecule has 0 spiro atoms. The molecule has 1 aliphatic rings. The minimum Gasteiger partial charge on any atom is -0.363 e. The Hall–Kier alpha value is -0.390. The highest BCUT2D eigenvalue weighted by Crippen LogP contribution is 2.35. The van der Waals surface area contributed by atoms with Gasteiger partial charge in [0.2, 0.25) is 0 Å². The number of fused-ring (bicyclic) bond motifs is 1. The Kier molecular flexibility index (Phi) is 6.34. The first kappa shape index (κ1) is 15.0. The van der Waals surface area contributed by atoms with Gasteiger partial charge in [-0.15, -0.1) is 11.8 Å². The fraction of sp³-hybridized carbons (Fsp3) is 0.500. The average Bonchev–Trinajstić information content (AvgIpc) is 2.44. The van der Waals surface area contributed by atoms with E-state index in [1.165, 1.54) is 16.2 Å². The van der Waals surface area contributed by atoms with Crippen LogP contribution in [0.25, 0.3) is 0 Å². The highest BCUT2D eigenvalue weighted by atomic mass is 32.2. The van der Waals surface area contributed by atoms with Gasteiger partial charge in [0.05, 0.1) is 6.04 Å². The predicted octanol–water partition coefficient (Wildman–Crippen LogP) is 3.44. The van der Waals surface area contributed by atoms with E-state index >= 15 is 0 Å². The highest BCUT2D eigenvalue weighted by Gasteiger charge is 2.20. The van der Waals surface area contributed by atoms with Crippen LogP contribution < -0.4 is 10.6 Å². The highest BCUT2D eigenvalue weighted by molar-refractivity contribution is 7.99. The fourth-order valence-corrected chi connectivity index (χ4v) is 3.92. The molecular weight excluding hydrogens is 292 g/mol. The van der Waals surface area contributed by atoms with Crippen LogP contribution in [0.2, 0.25) is 0 Å². The lowest BCUT2D eigenvalue weighted by atomic mass is 10.0. The van der Waals surface area contributed by atoms with E-state index in [0.29, 0.717) is 6.04 Å². The molecule has 1 heterocycles. The van der Waals surface area contributed by atoms with Crippen LogP contribution in [0.1, 0.15) is 24.4 Å². The van der Waals surface area contributed by atoms with Gasteiger partial charge in [0.25, 0.3) is 0 Å². The van der Waals surface area contributed by atoms with E-state index in [4.69, 9.17) is 12.2 Å². The molecule has 1 unspecified atom stereocenters. The van der Waals surface area contributed by atoms with E-state index in [2.05, 4.69) is 41.2 Å². The van der Waals surface area contributed by atoms with E-state index in [1.54, 1.807) is 0 Å². The van der Waals surface area contributed by atoms with Crippen LogP contribution in [0, 0.1) is 0 Å². The molecule has 2 rings (SSSR count). The van der Waals surface area contributed by atoms with E-state index in [0.717, 1.165) is 30.3 Å². The normalized spacial score (nSPS) is 17.6. The Morgan fingerprint density at radius 3 is 3.16 bits per heavy atom. The first-order valence-corrected chi connectivity index (χ1v) is 9.35. The number of rotatable bonds is 5. The summed E-state index contributed by atoms with van der Waals surface area (Å²) in [7, 11) is 0. The maximum atomic E-state index is 5.38. The van der Waals surface area contributed by atoms with Gasteiger partial charge in [0.15, 0.2) is 5.11 Å². The number of hydrogen-bond donors (Lipinski definition) is 2. The van der Waals surface area contributed by atoms with Gasteiger partial charge in [-0.2, -0.15) is 11.8 Å². The molecule has 1 atom stereocenters. The molecule has 0 fully saturated rings.